The molecule has 40 heavy (non-hydrogen) atoms. The van der Waals surface area contributed by atoms with Gasteiger partial charge in [-0.25, -0.2) is 4.98 Å². The molecule has 3 aromatic carbocycles. The summed E-state index contributed by atoms with van der Waals surface area (Å²) in [5.41, 5.74) is 3.96. The van der Waals surface area contributed by atoms with E-state index < -0.39 is 5.54 Å². The summed E-state index contributed by atoms with van der Waals surface area (Å²) in [6.07, 6.45) is 3.88. The van der Waals surface area contributed by atoms with Crippen molar-refractivity contribution in [3.8, 4) is 0 Å². The highest BCUT2D eigenvalue weighted by Crippen LogP contribution is 2.24. The number of carbonyl (C=O) groups is 1. The molecular weight excluding hydrogens is 522 g/mol. The van der Waals surface area contributed by atoms with E-state index in [9.17, 15) is 9.90 Å². The summed E-state index contributed by atoms with van der Waals surface area (Å²) in [6, 6.07) is 28.3. The van der Waals surface area contributed by atoms with E-state index in [1.807, 2.05) is 65.2 Å². The van der Waals surface area contributed by atoms with Gasteiger partial charge in [-0.1, -0.05) is 110 Å². The van der Waals surface area contributed by atoms with Crippen molar-refractivity contribution >= 4 is 17.6 Å². The molecule has 0 aliphatic carbocycles. The number of hydrogen-bond donors (Lipinski definition) is 2. The van der Waals surface area contributed by atoms with E-state index in [1.54, 1.807) is 0 Å². The summed E-state index contributed by atoms with van der Waals surface area (Å²) in [7, 11) is 1.45. The third kappa shape index (κ3) is 7.39. The molecule has 2 N–H and O–H groups in total. The lowest BCUT2D eigenvalue weighted by Crippen LogP contribution is -2.55. The molecule has 0 saturated carbocycles. The van der Waals surface area contributed by atoms with Gasteiger partial charge in [0.05, 0.1) is 19.4 Å². The molecule has 7 heteroatoms. The molecule has 0 radical (unpaired) electrons. The minimum atomic E-state index is -0.937. The van der Waals surface area contributed by atoms with Crippen molar-refractivity contribution in [2.75, 3.05) is 7.11 Å². The van der Waals surface area contributed by atoms with Crippen molar-refractivity contribution < 1.29 is 14.6 Å². The number of imidazole rings is 1. The van der Waals surface area contributed by atoms with Crippen LogP contribution in [0.3, 0.4) is 0 Å². The van der Waals surface area contributed by atoms with Crippen LogP contribution in [0.4, 0.5) is 0 Å². The van der Waals surface area contributed by atoms with Gasteiger partial charge in [0, 0.05) is 32.4 Å². The predicted molar refractivity (Wildman–Crippen MR) is 159 cm³/mol. The maximum atomic E-state index is 13.4. The SMILES string of the molecule is CCCCc1nc(Cl)c(CO)n1Cc1ccc(CNC(Cc2ccccc2)(Cc2ccccc2)C(=O)OC)cc1. The van der Waals surface area contributed by atoms with Crippen LogP contribution in [0.15, 0.2) is 84.9 Å². The van der Waals surface area contributed by atoms with E-state index in [-0.39, 0.29) is 12.6 Å². The van der Waals surface area contributed by atoms with Crippen LogP contribution in [0, 0.1) is 0 Å². The second-order valence-electron chi connectivity index (χ2n) is 10.2. The van der Waals surface area contributed by atoms with Crippen molar-refractivity contribution in [1.82, 2.24) is 14.9 Å². The second kappa shape index (κ2) is 14.3. The summed E-state index contributed by atoms with van der Waals surface area (Å²) >= 11 is 6.32. The number of esters is 1. The number of aliphatic hydroxyl groups excluding tert-OH is 1. The van der Waals surface area contributed by atoms with Crippen molar-refractivity contribution in [3.05, 3.63) is 124 Å². The quantitative estimate of drug-likeness (QED) is 0.188. The van der Waals surface area contributed by atoms with Crippen LogP contribution in [-0.4, -0.2) is 33.3 Å². The number of rotatable bonds is 14. The number of aryl methyl sites for hydroxylation is 1. The number of benzene rings is 3. The lowest BCUT2D eigenvalue weighted by atomic mass is 9.84. The summed E-state index contributed by atoms with van der Waals surface area (Å²) in [4.78, 5) is 17.9. The van der Waals surface area contributed by atoms with Crippen molar-refractivity contribution in [2.45, 2.75) is 64.3 Å². The molecule has 0 saturated heterocycles. The number of methoxy groups -OCH3 is 1. The maximum Gasteiger partial charge on any atom is 0.326 e. The largest absolute Gasteiger partial charge is 0.468 e. The number of unbranched alkanes of at least 4 members (excludes halogenated alkanes) is 1. The maximum absolute atomic E-state index is 13.4. The molecule has 1 heterocycles. The van der Waals surface area contributed by atoms with E-state index in [1.165, 1.54) is 7.11 Å². The number of nitrogens with zero attached hydrogens (tertiary/aromatic N) is 2. The first-order valence-electron chi connectivity index (χ1n) is 13.8. The molecule has 0 aliphatic heterocycles. The third-order valence-electron chi connectivity index (χ3n) is 7.27. The first-order chi connectivity index (χ1) is 19.5. The molecule has 1 aromatic heterocycles. The minimum Gasteiger partial charge on any atom is -0.468 e. The van der Waals surface area contributed by atoms with Crippen molar-refractivity contribution in [1.29, 1.82) is 0 Å². The van der Waals surface area contributed by atoms with Gasteiger partial charge in [0.1, 0.15) is 11.4 Å². The van der Waals surface area contributed by atoms with Crippen LogP contribution < -0.4 is 5.32 Å². The number of carbonyl (C=O) groups excluding carboxylic acids is 1. The predicted octanol–water partition coefficient (Wildman–Crippen LogP) is 5.91. The van der Waals surface area contributed by atoms with Gasteiger partial charge in [0.15, 0.2) is 5.15 Å². The zero-order valence-electron chi connectivity index (χ0n) is 23.3. The van der Waals surface area contributed by atoms with Crippen LogP contribution in [-0.2, 0) is 48.5 Å². The molecule has 0 unspecified atom stereocenters. The number of aliphatic hydroxyl groups is 1. The van der Waals surface area contributed by atoms with Gasteiger partial charge in [0.2, 0.25) is 0 Å². The van der Waals surface area contributed by atoms with Crippen LogP contribution in [0.1, 0.15) is 53.5 Å². The summed E-state index contributed by atoms with van der Waals surface area (Å²) in [6.45, 7) is 3.06. The van der Waals surface area contributed by atoms with Gasteiger partial charge < -0.3 is 14.4 Å². The number of aromatic nitrogens is 2. The van der Waals surface area contributed by atoms with E-state index >= 15 is 0 Å². The third-order valence-corrected chi connectivity index (χ3v) is 7.58. The Morgan fingerprint density at radius 2 is 1.50 bits per heavy atom. The zero-order chi connectivity index (χ0) is 28.4. The Kier molecular flexibility index (Phi) is 10.5. The summed E-state index contributed by atoms with van der Waals surface area (Å²) in [5, 5.41) is 13.8. The number of halogens is 1. The van der Waals surface area contributed by atoms with Gasteiger partial charge in [-0.3, -0.25) is 10.1 Å². The highest BCUT2D eigenvalue weighted by Gasteiger charge is 2.39. The summed E-state index contributed by atoms with van der Waals surface area (Å²) < 4.78 is 7.38. The Hall–Kier alpha value is -3.45. The standard InChI is InChI=1S/C33H38ClN3O3/c1-3-4-15-30-36-31(34)29(24-38)37(30)23-28-18-16-27(17-19-28)22-35-33(32(39)40-2,20-25-11-7-5-8-12-25)21-26-13-9-6-10-14-26/h5-14,16-19,35,38H,3-4,15,20-24H2,1-2H3. The van der Waals surface area contributed by atoms with Gasteiger partial charge in [0.25, 0.3) is 0 Å². The highest BCUT2D eigenvalue weighted by molar-refractivity contribution is 6.30. The highest BCUT2D eigenvalue weighted by atomic mass is 35.5. The molecule has 0 aliphatic rings. The van der Waals surface area contributed by atoms with Crippen LogP contribution in [0.5, 0.6) is 0 Å². The molecule has 0 amide bonds. The Bertz CT molecular complexity index is 1310. The van der Waals surface area contributed by atoms with E-state index in [0.29, 0.717) is 36.8 Å². The van der Waals surface area contributed by atoms with Crippen molar-refractivity contribution in [2.24, 2.45) is 0 Å². The van der Waals surface area contributed by atoms with Gasteiger partial charge >= 0.3 is 5.97 Å². The molecule has 0 spiro atoms. The molecule has 4 aromatic rings. The van der Waals surface area contributed by atoms with Gasteiger partial charge in [-0.2, -0.15) is 0 Å². The normalized spacial score (nSPS) is 11.5. The van der Waals surface area contributed by atoms with E-state index in [2.05, 4.69) is 41.5 Å². The molecule has 4 rings (SSSR count). The zero-order valence-corrected chi connectivity index (χ0v) is 24.0. The second-order valence-corrected chi connectivity index (χ2v) is 10.5. The van der Waals surface area contributed by atoms with Gasteiger partial charge in [-0.15, -0.1) is 0 Å². The van der Waals surface area contributed by atoms with Crippen LogP contribution >= 0.6 is 11.6 Å². The lowest BCUT2D eigenvalue weighted by molar-refractivity contribution is -0.148. The van der Waals surface area contributed by atoms with Gasteiger partial charge in [-0.05, 0) is 28.7 Å². The topological polar surface area (TPSA) is 76.4 Å². The molecular formula is C33H38ClN3O3. The Labute approximate surface area is 242 Å². The number of nitrogens with one attached hydrogen (secondary N) is 1. The fourth-order valence-electron chi connectivity index (χ4n) is 5.07. The molecule has 0 fully saturated rings. The fourth-order valence-corrected chi connectivity index (χ4v) is 5.33. The van der Waals surface area contributed by atoms with E-state index in [4.69, 9.17) is 16.3 Å². The molecule has 6 nitrogen and oxygen atoms in total. The molecule has 0 atom stereocenters. The van der Waals surface area contributed by atoms with E-state index in [0.717, 1.165) is 47.3 Å². The Morgan fingerprint density at radius 1 is 0.925 bits per heavy atom. The average molecular weight is 560 g/mol. The number of hydrogen-bond acceptors (Lipinski definition) is 5. The molecule has 0 bridgehead atoms. The first-order valence-corrected chi connectivity index (χ1v) is 14.2. The number of ether oxygens (including phenoxy) is 1. The fraction of sp³-hybridized carbons (Fsp3) is 0.333. The average Bonchev–Trinajstić information content (AvgIpc) is 3.29. The molecule has 210 valence electrons. The Morgan fingerprint density at radius 3 is 2.02 bits per heavy atom. The minimum absolute atomic E-state index is 0.154. The van der Waals surface area contributed by atoms with Crippen LogP contribution in [0.2, 0.25) is 5.15 Å². The monoisotopic (exact) mass is 559 g/mol. The van der Waals surface area contributed by atoms with Crippen LogP contribution in [0.25, 0.3) is 0 Å². The Balaban J connectivity index is 1.55. The first kappa shape index (κ1) is 29.5. The smallest absolute Gasteiger partial charge is 0.326 e. The lowest BCUT2D eigenvalue weighted by Gasteiger charge is -2.33. The van der Waals surface area contributed by atoms with Crippen molar-refractivity contribution in [3.63, 3.8) is 0 Å². The summed E-state index contributed by atoms with van der Waals surface area (Å²) in [5.74, 6) is 0.608.